The largest absolute Gasteiger partial charge is 0.265 e. The van der Waals surface area contributed by atoms with Crippen LogP contribution < -0.4 is 0 Å². The van der Waals surface area contributed by atoms with Gasteiger partial charge in [0.25, 0.3) is 0 Å². The Balaban J connectivity index is 1.78. The molecule has 5 nitrogen and oxygen atoms in total. The van der Waals surface area contributed by atoms with E-state index in [-0.39, 0.29) is 0 Å². The molecule has 3 rings (SSSR count). The van der Waals surface area contributed by atoms with Crippen molar-refractivity contribution in [1.82, 2.24) is 15.4 Å². The molecule has 0 unspecified atom stereocenters. The normalized spacial score (nSPS) is 10.9. The maximum absolute atomic E-state index is 4.18. The van der Waals surface area contributed by atoms with Crippen LogP contribution in [-0.4, -0.2) is 15.4 Å². The summed E-state index contributed by atoms with van der Waals surface area (Å²) in [6.07, 6.45) is 1.75. The number of aromatic nitrogens is 3. The topological polar surface area (TPSA) is 66.3 Å². The summed E-state index contributed by atoms with van der Waals surface area (Å²) >= 11 is 0. The fourth-order valence-corrected chi connectivity index (χ4v) is 1.65. The van der Waals surface area contributed by atoms with Crippen LogP contribution in [0.1, 0.15) is 0 Å². The Hall–Kier alpha value is -2.82. The minimum atomic E-state index is 0.802. The average molecular weight is 249 g/mol. The van der Waals surface area contributed by atoms with E-state index in [9.17, 15) is 0 Å². The van der Waals surface area contributed by atoms with E-state index in [1.54, 1.807) is 6.20 Å². The van der Waals surface area contributed by atoms with Gasteiger partial charge < -0.3 is 0 Å². The standard InChI is InChI=1S/C14H11N5/c1-2-4-12(5-3-1)16-17-13-8-6-11(7-9-13)14-10-15-19-18-14/h1-10H,(H,15,18,19)/b17-16+. The molecule has 2 aromatic carbocycles. The van der Waals surface area contributed by atoms with Gasteiger partial charge in [-0.15, -0.1) is 5.10 Å². The van der Waals surface area contributed by atoms with Crippen molar-refractivity contribution >= 4 is 11.4 Å². The van der Waals surface area contributed by atoms with Gasteiger partial charge in [0, 0.05) is 11.8 Å². The molecule has 0 saturated carbocycles. The van der Waals surface area contributed by atoms with E-state index < -0.39 is 0 Å². The van der Waals surface area contributed by atoms with Gasteiger partial charge in [0.2, 0.25) is 0 Å². The smallest absolute Gasteiger partial charge is 0.112 e. The molecule has 0 bridgehead atoms. The lowest BCUT2D eigenvalue weighted by molar-refractivity contribution is 0.942. The van der Waals surface area contributed by atoms with Crippen molar-refractivity contribution in [3.8, 4) is 11.3 Å². The van der Waals surface area contributed by atoms with Gasteiger partial charge in [-0.1, -0.05) is 35.5 Å². The van der Waals surface area contributed by atoms with Crippen LogP contribution in [0.5, 0.6) is 0 Å². The summed E-state index contributed by atoms with van der Waals surface area (Å²) in [4.78, 5) is 0. The number of hydrogen-bond acceptors (Lipinski definition) is 4. The second-order valence-corrected chi connectivity index (χ2v) is 3.94. The quantitative estimate of drug-likeness (QED) is 0.715. The minimum absolute atomic E-state index is 0.802. The van der Waals surface area contributed by atoms with E-state index >= 15 is 0 Å². The van der Waals surface area contributed by atoms with Gasteiger partial charge in [-0.05, 0) is 24.3 Å². The van der Waals surface area contributed by atoms with E-state index in [0.717, 1.165) is 22.6 Å². The van der Waals surface area contributed by atoms with Crippen LogP contribution >= 0.6 is 0 Å². The Kier molecular flexibility index (Phi) is 3.10. The molecule has 92 valence electrons. The average Bonchev–Trinajstić information content (AvgIpc) is 3.01. The molecule has 0 aliphatic rings. The third kappa shape index (κ3) is 2.71. The van der Waals surface area contributed by atoms with Crippen molar-refractivity contribution in [1.29, 1.82) is 0 Å². The van der Waals surface area contributed by atoms with E-state index in [1.165, 1.54) is 0 Å². The molecule has 0 fully saturated rings. The molecule has 0 radical (unpaired) electrons. The van der Waals surface area contributed by atoms with Gasteiger partial charge in [-0.2, -0.15) is 10.2 Å². The number of hydrogen-bond donors (Lipinski definition) is 1. The van der Waals surface area contributed by atoms with E-state index in [4.69, 9.17) is 0 Å². The van der Waals surface area contributed by atoms with Crippen molar-refractivity contribution in [3.05, 3.63) is 60.8 Å². The van der Waals surface area contributed by atoms with Crippen LogP contribution in [0.15, 0.2) is 71.0 Å². The van der Waals surface area contributed by atoms with Crippen molar-refractivity contribution in [2.45, 2.75) is 0 Å². The van der Waals surface area contributed by atoms with Crippen LogP contribution in [0, 0.1) is 0 Å². The van der Waals surface area contributed by atoms with Gasteiger partial charge in [0.1, 0.15) is 5.69 Å². The Bertz CT molecular complexity index is 657. The molecule has 5 heteroatoms. The summed E-state index contributed by atoms with van der Waals surface area (Å²) in [5, 5.41) is 18.7. The van der Waals surface area contributed by atoms with Crippen LogP contribution in [0.4, 0.5) is 11.4 Å². The van der Waals surface area contributed by atoms with Gasteiger partial charge in [-0.25, -0.2) is 0 Å². The molecular weight excluding hydrogens is 238 g/mol. The van der Waals surface area contributed by atoms with Gasteiger partial charge in [0.15, 0.2) is 0 Å². The molecule has 0 aliphatic heterocycles. The highest BCUT2D eigenvalue weighted by Gasteiger charge is 1.99. The number of nitrogens with one attached hydrogen (secondary N) is 1. The summed E-state index contributed by atoms with van der Waals surface area (Å²) < 4.78 is 0. The molecule has 0 atom stereocenters. The first-order chi connectivity index (χ1) is 9.42. The summed E-state index contributed by atoms with van der Waals surface area (Å²) in [5.41, 5.74) is 3.44. The monoisotopic (exact) mass is 249 g/mol. The second kappa shape index (κ2) is 5.22. The highest BCUT2D eigenvalue weighted by Crippen LogP contribution is 2.22. The molecule has 0 spiro atoms. The van der Waals surface area contributed by atoms with Crippen molar-refractivity contribution < 1.29 is 0 Å². The predicted octanol–water partition coefficient (Wildman–Crippen LogP) is 3.89. The second-order valence-electron chi connectivity index (χ2n) is 3.94. The molecule has 3 aromatic rings. The Morgan fingerprint density at radius 3 is 2.11 bits per heavy atom. The first-order valence-electron chi connectivity index (χ1n) is 5.85. The van der Waals surface area contributed by atoms with Gasteiger partial charge in [0.05, 0.1) is 11.4 Å². The summed E-state index contributed by atoms with van der Waals surface area (Å²) in [5.74, 6) is 0. The highest BCUT2D eigenvalue weighted by atomic mass is 15.3. The summed E-state index contributed by atoms with van der Waals surface area (Å²) in [7, 11) is 0. The van der Waals surface area contributed by atoms with E-state index in [0.29, 0.717) is 0 Å². The zero-order valence-corrected chi connectivity index (χ0v) is 10.1. The summed E-state index contributed by atoms with van der Waals surface area (Å²) in [6.45, 7) is 0. The fraction of sp³-hybridized carbons (Fsp3) is 0. The summed E-state index contributed by atoms with van der Waals surface area (Å²) in [6, 6.07) is 17.3. The molecule has 1 N–H and O–H groups in total. The predicted molar refractivity (Wildman–Crippen MR) is 72.4 cm³/mol. The van der Waals surface area contributed by atoms with Crippen molar-refractivity contribution in [2.24, 2.45) is 10.2 Å². The third-order valence-corrected chi connectivity index (χ3v) is 2.62. The van der Waals surface area contributed by atoms with E-state index in [1.807, 2.05) is 54.6 Å². The highest BCUT2D eigenvalue weighted by molar-refractivity contribution is 5.60. The number of aromatic amines is 1. The lowest BCUT2D eigenvalue weighted by atomic mass is 10.1. The van der Waals surface area contributed by atoms with Crippen LogP contribution in [0.2, 0.25) is 0 Å². The first kappa shape index (κ1) is 11.3. The third-order valence-electron chi connectivity index (χ3n) is 2.62. The van der Waals surface area contributed by atoms with Crippen LogP contribution in [0.25, 0.3) is 11.3 Å². The first-order valence-corrected chi connectivity index (χ1v) is 5.85. The fourth-order valence-electron chi connectivity index (χ4n) is 1.65. The van der Waals surface area contributed by atoms with Crippen LogP contribution in [-0.2, 0) is 0 Å². The van der Waals surface area contributed by atoms with Gasteiger partial charge in [-0.3, -0.25) is 5.10 Å². The maximum atomic E-state index is 4.18. The molecule has 0 aliphatic carbocycles. The van der Waals surface area contributed by atoms with E-state index in [2.05, 4.69) is 25.6 Å². The van der Waals surface area contributed by atoms with Crippen molar-refractivity contribution in [2.75, 3.05) is 0 Å². The number of benzene rings is 2. The molecular formula is C14H11N5. The molecule has 0 amide bonds. The maximum Gasteiger partial charge on any atom is 0.112 e. The lowest BCUT2D eigenvalue weighted by Crippen LogP contribution is -1.76. The number of nitrogens with zero attached hydrogens (tertiary/aromatic N) is 4. The zero-order chi connectivity index (χ0) is 12.9. The number of rotatable bonds is 3. The SMILES string of the molecule is c1ccc(/N=N/c2ccc(-c3c[nH]nn3)cc2)cc1. The molecule has 19 heavy (non-hydrogen) atoms. The molecule has 1 heterocycles. The number of azo groups is 1. The lowest BCUT2D eigenvalue weighted by Gasteiger charge is -1.96. The Morgan fingerprint density at radius 2 is 1.47 bits per heavy atom. The minimum Gasteiger partial charge on any atom is -0.265 e. The van der Waals surface area contributed by atoms with Crippen molar-refractivity contribution in [3.63, 3.8) is 0 Å². The Labute approximate surface area is 110 Å². The zero-order valence-electron chi connectivity index (χ0n) is 10.1. The molecule has 0 saturated heterocycles. The molecule has 1 aromatic heterocycles. The Morgan fingerprint density at radius 1 is 0.789 bits per heavy atom. The number of H-pyrrole nitrogens is 1. The van der Waals surface area contributed by atoms with Gasteiger partial charge >= 0.3 is 0 Å². The van der Waals surface area contributed by atoms with Crippen LogP contribution in [0.3, 0.4) is 0 Å².